The van der Waals surface area contributed by atoms with Crippen LogP contribution in [0.2, 0.25) is 0 Å². The number of hydrogen-bond acceptors (Lipinski definition) is 5. The summed E-state index contributed by atoms with van der Waals surface area (Å²) in [6.45, 7) is 9.55. The average molecular weight is 343 g/mol. The molecule has 1 aromatic rings. The van der Waals surface area contributed by atoms with Crippen LogP contribution in [0.1, 0.15) is 25.8 Å². The summed E-state index contributed by atoms with van der Waals surface area (Å²) in [5.74, 6) is 0.0693. The van der Waals surface area contributed by atoms with Crippen LogP contribution in [0.15, 0.2) is 41.8 Å². The smallest absolute Gasteiger partial charge is 0.323 e. The number of benzene rings is 1. The van der Waals surface area contributed by atoms with Gasteiger partial charge >= 0.3 is 5.97 Å². The maximum absolute atomic E-state index is 11.0. The molecule has 0 aliphatic carbocycles. The highest BCUT2D eigenvalue weighted by atomic mass is 32.2. The lowest BCUT2D eigenvalue weighted by Gasteiger charge is -2.11. The van der Waals surface area contributed by atoms with E-state index in [1.165, 1.54) is 18.2 Å². The third kappa shape index (κ3) is 9.83. The van der Waals surface area contributed by atoms with Crippen LogP contribution in [0, 0.1) is 12.8 Å². The van der Waals surface area contributed by atoms with E-state index in [0.29, 0.717) is 12.3 Å². The Balaban J connectivity index is 0.000000422. The minimum absolute atomic E-state index is 0.0666. The summed E-state index contributed by atoms with van der Waals surface area (Å²) in [5, 5.41) is 0. The predicted octanol–water partition coefficient (Wildman–Crippen LogP) is 2.33. The van der Waals surface area contributed by atoms with Crippen LogP contribution in [-0.4, -0.2) is 31.6 Å². The van der Waals surface area contributed by atoms with Crippen LogP contribution in [0.5, 0.6) is 0 Å². The molecule has 3 N–H and O–H groups in total. The Kier molecular flexibility index (Phi) is 9.40. The molecule has 1 atom stereocenters. The van der Waals surface area contributed by atoms with Gasteiger partial charge in [-0.05, 0) is 31.4 Å². The van der Waals surface area contributed by atoms with Crippen molar-refractivity contribution in [1.29, 1.82) is 0 Å². The van der Waals surface area contributed by atoms with Gasteiger partial charge in [0.25, 0.3) is 10.1 Å². The number of ether oxygens (including phenoxy) is 1. The fourth-order valence-corrected chi connectivity index (χ4v) is 2.04. The second-order valence-electron chi connectivity index (χ2n) is 5.44. The zero-order valence-electron chi connectivity index (χ0n) is 13.7. The summed E-state index contributed by atoms with van der Waals surface area (Å²) in [6, 6.07) is 5.49. The molecule has 0 radical (unpaired) electrons. The molecule has 7 heteroatoms. The quantitative estimate of drug-likeness (QED) is 0.466. The Morgan fingerprint density at radius 2 is 1.87 bits per heavy atom. The van der Waals surface area contributed by atoms with Gasteiger partial charge in [0.05, 0.1) is 4.90 Å². The molecule has 1 rings (SSSR count). The van der Waals surface area contributed by atoms with Crippen molar-refractivity contribution in [2.45, 2.75) is 38.1 Å². The van der Waals surface area contributed by atoms with Gasteiger partial charge in [-0.25, -0.2) is 0 Å². The summed E-state index contributed by atoms with van der Waals surface area (Å²) < 4.78 is 34.3. The second-order valence-corrected chi connectivity index (χ2v) is 6.86. The van der Waals surface area contributed by atoms with Crippen LogP contribution in [0.25, 0.3) is 0 Å². The van der Waals surface area contributed by atoms with E-state index in [-0.39, 0.29) is 17.5 Å². The van der Waals surface area contributed by atoms with E-state index in [4.69, 9.17) is 15.0 Å². The Morgan fingerprint density at radius 3 is 2.26 bits per heavy atom. The number of carbonyl (C=O) groups excluding carboxylic acids is 1. The van der Waals surface area contributed by atoms with Crippen LogP contribution in [0.3, 0.4) is 0 Å². The summed E-state index contributed by atoms with van der Waals surface area (Å²) in [7, 11) is -4.02. The van der Waals surface area contributed by atoms with Gasteiger partial charge in [-0.3, -0.25) is 9.35 Å². The lowest BCUT2D eigenvalue weighted by Crippen LogP contribution is -2.33. The van der Waals surface area contributed by atoms with Crippen molar-refractivity contribution < 1.29 is 22.5 Å². The zero-order chi connectivity index (χ0) is 18.0. The molecular formula is C16H25NO5S. The van der Waals surface area contributed by atoms with E-state index in [1.54, 1.807) is 12.1 Å². The minimum atomic E-state index is -4.02. The molecule has 0 saturated heterocycles. The van der Waals surface area contributed by atoms with Crippen molar-refractivity contribution in [1.82, 2.24) is 0 Å². The Labute approximate surface area is 138 Å². The van der Waals surface area contributed by atoms with Gasteiger partial charge in [0, 0.05) is 0 Å². The van der Waals surface area contributed by atoms with E-state index in [0.717, 1.165) is 5.56 Å². The highest BCUT2D eigenvalue weighted by Gasteiger charge is 2.15. The molecule has 6 nitrogen and oxygen atoms in total. The van der Waals surface area contributed by atoms with Crippen LogP contribution in [0.4, 0.5) is 0 Å². The number of aryl methyl sites for hydroxylation is 1. The maximum atomic E-state index is 11.0. The van der Waals surface area contributed by atoms with E-state index in [9.17, 15) is 13.2 Å². The molecule has 0 aromatic heterocycles. The topological polar surface area (TPSA) is 107 Å². The standard InChI is InChI=1S/C9H17NO2.C7H8O3S/c1-4-5-12-9(11)8(10)6-7(2)3;1-6-2-4-7(5-3-6)11(8,9)10/h4,7-8H,1,5-6,10H2,2-3H3;2-5H,1H3,(H,8,9,10)/t8-;/m1./s1. The molecule has 0 aliphatic heterocycles. The van der Waals surface area contributed by atoms with E-state index in [2.05, 4.69) is 6.58 Å². The predicted molar refractivity (Wildman–Crippen MR) is 89.6 cm³/mol. The molecule has 0 spiro atoms. The van der Waals surface area contributed by atoms with Gasteiger partial charge in [-0.1, -0.05) is 44.2 Å². The zero-order valence-corrected chi connectivity index (χ0v) is 14.5. The molecule has 1 aromatic carbocycles. The van der Waals surface area contributed by atoms with Crippen molar-refractivity contribution in [3.05, 3.63) is 42.5 Å². The third-order valence-electron chi connectivity index (χ3n) is 2.69. The van der Waals surface area contributed by atoms with E-state index >= 15 is 0 Å². The Morgan fingerprint density at radius 1 is 1.35 bits per heavy atom. The number of hydrogen-bond donors (Lipinski definition) is 2. The Bertz CT molecular complexity index is 593. The van der Waals surface area contributed by atoms with Crippen molar-refractivity contribution in [3.63, 3.8) is 0 Å². The first kappa shape index (κ1) is 21.3. The van der Waals surface area contributed by atoms with Gasteiger partial charge in [-0.2, -0.15) is 8.42 Å². The first-order valence-corrected chi connectivity index (χ1v) is 8.59. The maximum Gasteiger partial charge on any atom is 0.323 e. The highest BCUT2D eigenvalue weighted by molar-refractivity contribution is 7.85. The lowest BCUT2D eigenvalue weighted by atomic mass is 10.1. The highest BCUT2D eigenvalue weighted by Crippen LogP contribution is 2.08. The lowest BCUT2D eigenvalue weighted by molar-refractivity contribution is -0.144. The summed E-state index contributed by atoms with van der Waals surface area (Å²) in [4.78, 5) is 11.0. The summed E-state index contributed by atoms with van der Waals surface area (Å²) >= 11 is 0. The molecule has 0 unspecified atom stereocenters. The third-order valence-corrected chi connectivity index (χ3v) is 3.56. The van der Waals surface area contributed by atoms with Crippen LogP contribution < -0.4 is 5.73 Å². The largest absolute Gasteiger partial charge is 0.460 e. The number of rotatable bonds is 6. The number of esters is 1. The van der Waals surface area contributed by atoms with Gasteiger partial charge in [0.1, 0.15) is 12.6 Å². The fraction of sp³-hybridized carbons (Fsp3) is 0.438. The molecule has 0 aliphatic rings. The molecular weight excluding hydrogens is 318 g/mol. The van der Waals surface area contributed by atoms with Crippen molar-refractivity contribution in [3.8, 4) is 0 Å². The van der Waals surface area contributed by atoms with Crippen LogP contribution >= 0.6 is 0 Å². The first-order valence-electron chi connectivity index (χ1n) is 7.15. The first-order chi connectivity index (χ1) is 10.6. The minimum Gasteiger partial charge on any atom is -0.460 e. The molecule has 23 heavy (non-hydrogen) atoms. The van der Waals surface area contributed by atoms with Crippen molar-refractivity contribution >= 4 is 16.1 Å². The molecule has 0 saturated carbocycles. The molecule has 0 heterocycles. The SMILES string of the molecule is C=CCOC(=O)[C@H](N)CC(C)C.Cc1ccc(S(=O)(=O)O)cc1. The van der Waals surface area contributed by atoms with E-state index in [1.807, 2.05) is 20.8 Å². The molecule has 0 bridgehead atoms. The number of nitrogens with two attached hydrogens (primary N) is 1. The monoisotopic (exact) mass is 343 g/mol. The second kappa shape index (κ2) is 10.1. The van der Waals surface area contributed by atoms with Crippen molar-refractivity contribution in [2.24, 2.45) is 11.7 Å². The van der Waals surface area contributed by atoms with Gasteiger partial charge in [0.15, 0.2) is 0 Å². The average Bonchev–Trinajstić information content (AvgIpc) is 2.44. The normalized spacial score (nSPS) is 12.1. The fourth-order valence-electron chi connectivity index (χ4n) is 1.56. The van der Waals surface area contributed by atoms with Gasteiger partial charge in [0.2, 0.25) is 0 Å². The molecule has 0 amide bonds. The number of carbonyl (C=O) groups is 1. The molecule has 0 fully saturated rings. The molecule has 130 valence electrons. The van der Waals surface area contributed by atoms with E-state index < -0.39 is 16.2 Å². The Hall–Kier alpha value is -1.70. The van der Waals surface area contributed by atoms with Gasteiger partial charge in [-0.15, -0.1) is 0 Å². The van der Waals surface area contributed by atoms with Crippen molar-refractivity contribution in [2.75, 3.05) is 6.61 Å². The summed E-state index contributed by atoms with van der Waals surface area (Å²) in [5.41, 5.74) is 6.51. The van der Waals surface area contributed by atoms with Gasteiger partial charge < -0.3 is 10.5 Å². The van der Waals surface area contributed by atoms with Crippen LogP contribution in [-0.2, 0) is 19.6 Å². The summed E-state index contributed by atoms with van der Waals surface area (Å²) in [6.07, 6.45) is 2.19.